The lowest BCUT2D eigenvalue weighted by Crippen LogP contribution is -2.07. The first-order chi connectivity index (χ1) is 14.8. The Morgan fingerprint density at radius 1 is 0.633 bits per heavy atom. The van der Waals surface area contributed by atoms with E-state index in [0.29, 0.717) is 0 Å². The number of ether oxygens (including phenoxy) is 2. The van der Waals surface area contributed by atoms with Crippen molar-refractivity contribution in [3.63, 3.8) is 0 Å². The number of methoxy groups -OCH3 is 2. The van der Waals surface area contributed by atoms with E-state index >= 15 is 0 Å². The fourth-order valence-electron chi connectivity index (χ4n) is 3.18. The molecule has 0 N–H and O–H groups in total. The minimum atomic E-state index is -0.304. The summed E-state index contributed by atoms with van der Waals surface area (Å²) in [6.07, 6.45) is 0. The van der Waals surface area contributed by atoms with Crippen LogP contribution in [0.1, 0.15) is 0 Å². The van der Waals surface area contributed by atoms with Gasteiger partial charge in [0, 0.05) is 17.0 Å². The van der Waals surface area contributed by atoms with Crippen LogP contribution in [0.4, 0.5) is 0 Å². The summed E-state index contributed by atoms with van der Waals surface area (Å²) in [7, 11) is 3.11. The Hall–Kier alpha value is -2.82. The highest BCUT2D eigenvalue weighted by Gasteiger charge is 2.34. The predicted molar refractivity (Wildman–Crippen MR) is 125 cm³/mol. The van der Waals surface area contributed by atoms with Crippen LogP contribution in [0.3, 0.4) is 0 Å². The Morgan fingerprint density at radius 2 is 1.17 bits per heavy atom. The van der Waals surface area contributed by atoms with Gasteiger partial charge >= 0.3 is 0 Å². The zero-order valence-electron chi connectivity index (χ0n) is 16.9. The zero-order chi connectivity index (χ0) is 20.8. The molecule has 4 heteroatoms. The molecule has 0 bridgehead atoms. The van der Waals surface area contributed by atoms with E-state index in [1.165, 1.54) is 19.6 Å². The average Bonchev–Trinajstić information content (AvgIpc) is 2.82. The first-order valence-electron chi connectivity index (χ1n) is 9.63. The molecule has 0 aromatic heterocycles. The van der Waals surface area contributed by atoms with E-state index in [2.05, 4.69) is 91.0 Å². The van der Waals surface area contributed by atoms with Crippen molar-refractivity contribution in [2.45, 2.75) is 24.5 Å². The van der Waals surface area contributed by atoms with Crippen LogP contribution >= 0.6 is 11.8 Å². The highest BCUT2D eigenvalue weighted by atomic mass is 32.2. The van der Waals surface area contributed by atoms with E-state index in [1.54, 1.807) is 26.0 Å². The van der Waals surface area contributed by atoms with Crippen molar-refractivity contribution in [1.82, 2.24) is 0 Å². The SMILES string of the molecule is COc1cc(OC)c(Sc2ccccc2)c([S+](c2ccccc2)c2ccccc2)c1. The van der Waals surface area contributed by atoms with Gasteiger partial charge in [-0.25, -0.2) is 0 Å². The van der Waals surface area contributed by atoms with Gasteiger partial charge < -0.3 is 9.47 Å². The molecule has 0 aliphatic heterocycles. The van der Waals surface area contributed by atoms with Crippen molar-refractivity contribution >= 4 is 22.7 Å². The Bertz CT molecular complexity index is 1040. The lowest BCUT2D eigenvalue weighted by Gasteiger charge is -2.16. The Morgan fingerprint density at radius 3 is 1.67 bits per heavy atom. The van der Waals surface area contributed by atoms with Gasteiger partial charge in [0.05, 0.1) is 14.2 Å². The summed E-state index contributed by atoms with van der Waals surface area (Å²) >= 11 is 1.73. The van der Waals surface area contributed by atoms with Crippen LogP contribution in [0.15, 0.2) is 128 Å². The van der Waals surface area contributed by atoms with Crippen LogP contribution in [-0.2, 0) is 10.9 Å². The number of benzene rings is 4. The van der Waals surface area contributed by atoms with Gasteiger partial charge in [-0.05, 0) is 36.4 Å². The fourth-order valence-corrected chi connectivity index (χ4v) is 6.65. The van der Waals surface area contributed by atoms with Gasteiger partial charge in [0.1, 0.15) is 27.3 Å². The maximum Gasteiger partial charge on any atom is 0.187 e. The van der Waals surface area contributed by atoms with Crippen molar-refractivity contribution in [2.24, 2.45) is 0 Å². The van der Waals surface area contributed by atoms with Crippen LogP contribution in [0.5, 0.6) is 11.5 Å². The van der Waals surface area contributed by atoms with E-state index < -0.39 is 0 Å². The number of hydrogen-bond donors (Lipinski definition) is 0. The van der Waals surface area contributed by atoms with Crippen LogP contribution in [0.25, 0.3) is 0 Å². The van der Waals surface area contributed by atoms with Crippen molar-refractivity contribution < 1.29 is 9.47 Å². The second-order valence-corrected chi connectivity index (χ2v) is 9.58. The van der Waals surface area contributed by atoms with E-state index in [4.69, 9.17) is 9.47 Å². The fraction of sp³-hybridized carbons (Fsp3) is 0.0769. The molecular weight excluding hydrogens is 408 g/mol. The standard InChI is InChI=1S/C26H23O2S2/c1-27-20-18-24(28-2)26(29-21-12-6-3-7-13-21)25(19-20)30(22-14-8-4-9-15-22)23-16-10-5-11-17-23/h3-19H,1-2H3/q+1. The molecule has 0 heterocycles. The predicted octanol–water partition coefficient (Wildman–Crippen LogP) is 6.95. The van der Waals surface area contributed by atoms with Crippen molar-refractivity contribution in [3.05, 3.63) is 103 Å². The van der Waals surface area contributed by atoms with Gasteiger partial charge in [0.15, 0.2) is 14.7 Å². The van der Waals surface area contributed by atoms with Gasteiger partial charge in [-0.15, -0.1) is 0 Å². The van der Waals surface area contributed by atoms with E-state index in [0.717, 1.165) is 16.4 Å². The number of hydrogen-bond acceptors (Lipinski definition) is 3. The molecule has 4 rings (SSSR count). The molecule has 0 aliphatic carbocycles. The molecule has 4 aromatic rings. The third-order valence-corrected chi connectivity index (χ3v) is 8.10. The van der Waals surface area contributed by atoms with Gasteiger partial charge in [-0.1, -0.05) is 66.4 Å². The van der Waals surface area contributed by atoms with Gasteiger partial charge in [-0.2, -0.15) is 0 Å². The molecule has 0 radical (unpaired) electrons. The zero-order valence-corrected chi connectivity index (χ0v) is 18.6. The lowest BCUT2D eigenvalue weighted by atomic mass is 10.3. The molecule has 0 saturated carbocycles. The third-order valence-electron chi connectivity index (χ3n) is 4.59. The molecule has 30 heavy (non-hydrogen) atoms. The Kier molecular flexibility index (Phi) is 6.67. The summed E-state index contributed by atoms with van der Waals surface area (Å²) in [5, 5.41) is 0. The molecule has 0 spiro atoms. The average molecular weight is 432 g/mol. The Balaban J connectivity index is 1.95. The summed E-state index contributed by atoms with van der Waals surface area (Å²) in [5.41, 5.74) is 0. The minimum Gasteiger partial charge on any atom is -0.496 e. The molecule has 0 atom stereocenters. The van der Waals surface area contributed by atoms with Crippen LogP contribution in [-0.4, -0.2) is 14.2 Å². The van der Waals surface area contributed by atoms with Gasteiger partial charge in [0.25, 0.3) is 0 Å². The monoisotopic (exact) mass is 431 g/mol. The quantitative estimate of drug-likeness (QED) is 0.295. The maximum absolute atomic E-state index is 5.83. The van der Waals surface area contributed by atoms with Crippen molar-refractivity contribution in [2.75, 3.05) is 14.2 Å². The minimum absolute atomic E-state index is 0.304. The molecule has 0 amide bonds. The summed E-state index contributed by atoms with van der Waals surface area (Å²) in [6.45, 7) is 0. The summed E-state index contributed by atoms with van der Waals surface area (Å²) < 4.78 is 11.5. The maximum atomic E-state index is 5.83. The number of rotatable bonds is 7. The van der Waals surface area contributed by atoms with E-state index in [1.807, 2.05) is 12.1 Å². The van der Waals surface area contributed by atoms with Crippen LogP contribution in [0.2, 0.25) is 0 Å². The topological polar surface area (TPSA) is 18.5 Å². The van der Waals surface area contributed by atoms with Crippen LogP contribution in [0, 0.1) is 0 Å². The normalized spacial score (nSPS) is 10.8. The molecular formula is C26H23O2S2+. The third kappa shape index (κ3) is 4.50. The van der Waals surface area contributed by atoms with Crippen molar-refractivity contribution in [3.8, 4) is 11.5 Å². The summed E-state index contributed by atoms with van der Waals surface area (Å²) in [4.78, 5) is 5.99. The van der Waals surface area contributed by atoms with E-state index in [-0.39, 0.29) is 10.9 Å². The first-order valence-corrected chi connectivity index (χ1v) is 11.7. The summed E-state index contributed by atoms with van der Waals surface area (Å²) in [6, 6.07) is 35.8. The molecule has 0 aliphatic rings. The van der Waals surface area contributed by atoms with Gasteiger partial charge in [-0.3, -0.25) is 0 Å². The molecule has 150 valence electrons. The first kappa shape index (κ1) is 20.5. The lowest BCUT2D eigenvalue weighted by molar-refractivity contribution is 0.384. The Labute approximate surface area is 185 Å². The highest BCUT2D eigenvalue weighted by Crippen LogP contribution is 2.46. The van der Waals surface area contributed by atoms with Crippen LogP contribution < -0.4 is 9.47 Å². The molecule has 4 aromatic carbocycles. The van der Waals surface area contributed by atoms with Gasteiger partial charge in [0.2, 0.25) is 0 Å². The summed E-state index contributed by atoms with van der Waals surface area (Å²) in [5.74, 6) is 1.62. The van der Waals surface area contributed by atoms with Crippen molar-refractivity contribution in [1.29, 1.82) is 0 Å². The molecule has 0 fully saturated rings. The molecule has 0 saturated heterocycles. The largest absolute Gasteiger partial charge is 0.496 e. The highest BCUT2D eigenvalue weighted by molar-refractivity contribution is 8.01. The van der Waals surface area contributed by atoms with E-state index in [9.17, 15) is 0 Å². The molecule has 2 nitrogen and oxygen atoms in total. The second kappa shape index (κ2) is 9.79. The second-order valence-electron chi connectivity index (χ2n) is 6.50. The molecule has 0 unspecified atom stereocenters. The smallest absolute Gasteiger partial charge is 0.187 e.